The molecule has 0 saturated carbocycles. The Morgan fingerprint density at radius 3 is 2.94 bits per heavy atom. The van der Waals surface area contributed by atoms with Gasteiger partial charge >= 0.3 is 5.97 Å². The number of rotatable bonds is 4. The summed E-state index contributed by atoms with van der Waals surface area (Å²) in [5.74, 6) is -0.801. The number of halogens is 2. The van der Waals surface area contributed by atoms with Gasteiger partial charge in [-0.15, -0.1) is 0 Å². The van der Waals surface area contributed by atoms with E-state index >= 15 is 0 Å². The minimum Gasteiger partial charge on any atom is -0.468 e. The topological polar surface area (TPSA) is 51.2 Å². The van der Waals surface area contributed by atoms with Crippen LogP contribution >= 0.6 is 15.9 Å². The second-order valence-electron chi connectivity index (χ2n) is 3.21. The zero-order valence-electron chi connectivity index (χ0n) is 8.96. The first-order chi connectivity index (χ1) is 7.56. The van der Waals surface area contributed by atoms with Gasteiger partial charge in [-0.25, -0.2) is 4.39 Å². The minimum atomic E-state index is -0.482. The molecule has 1 atom stereocenters. The number of esters is 1. The maximum Gasteiger partial charge on any atom is 0.322 e. The van der Waals surface area contributed by atoms with Crippen LogP contribution in [0.1, 0.15) is 12.5 Å². The normalized spacial score (nSPS) is 12.2. The standard InChI is InChI=1S/C10H12BrFN2O2/c1-6(10(15)16-2)14-3-7-8(11)4-13-5-9(7)12/h4-6,14H,3H2,1-2H3/t6-/m0/s1. The van der Waals surface area contributed by atoms with Gasteiger partial charge in [-0.2, -0.15) is 0 Å². The Balaban J connectivity index is 2.64. The lowest BCUT2D eigenvalue weighted by atomic mass is 10.2. The molecule has 0 unspecified atom stereocenters. The molecule has 0 aliphatic heterocycles. The van der Waals surface area contributed by atoms with Gasteiger partial charge in [0, 0.05) is 22.8 Å². The second-order valence-corrected chi connectivity index (χ2v) is 4.06. The quantitative estimate of drug-likeness (QED) is 0.857. The van der Waals surface area contributed by atoms with E-state index in [1.807, 2.05) is 0 Å². The van der Waals surface area contributed by atoms with Gasteiger partial charge in [0.05, 0.1) is 13.3 Å². The Kier molecular flexibility index (Phi) is 4.82. The molecule has 6 heteroatoms. The molecule has 1 aromatic heterocycles. The highest BCUT2D eigenvalue weighted by Gasteiger charge is 2.14. The average Bonchev–Trinajstić information content (AvgIpc) is 2.27. The predicted molar refractivity (Wildman–Crippen MR) is 60.2 cm³/mol. The Morgan fingerprint density at radius 2 is 2.38 bits per heavy atom. The molecule has 1 N–H and O–H groups in total. The number of nitrogens with zero attached hydrogens (tertiary/aromatic N) is 1. The molecule has 0 bridgehead atoms. The van der Waals surface area contributed by atoms with Crippen LogP contribution in [0.15, 0.2) is 16.9 Å². The van der Waals surface area contributed by atoms with Gasteiger partial charge in [-0.1, -0.05) is 0 Å². The largest absolute Gasteiger partial charge is 0.468 e. The van der Waals surface area contributed by atoms with Gasteiger partial charge in [-0.05, 0) is 22.9 Å². The van der Waals surface area contributed by atoms with Gasteiger partial charge in [0.1, 0.15) is 11.9 Å². The van der Waals surface area contributed by atoms with E-state index in [1.54, 1.807) is 6.92 Å². The van der Waals surface area contributed by atoms with E-state index in [1.165, 1.54) is 13.3 Å². The molecule has 0 radical (unpaired) electrons. The zero-order chi connectivity index (χ0) is 12.1. The van der Waals surface area contributed by atoms with E-state index in [0.717, 1.165) is 6.20 Å². The number of methoxy groups -OCH3 is 1. The highest BCUT2D eigenvalue weighted by molar-refractivity contribution is 9.10. The van der Waals surface area contributed by atoms with E-state index in [9.17, 15) is 9.18 Å². The maximum absolute atomic E-state index is 13.3. The van der Waals surface area contributed by atoms with Crippen molar-refractivity contribution in [1.29, 1.82) is 0 Å². The van der Waals surface area contributed by atoms with Crippen molar-refractivity contribution in [3.05, 3.63) is 28.2 Å². The number of pyridine rings is 1. The molecular formula is C10H12BrFN2O2. The number of carbonyl (C=O) groups is 1. The summed E-state index contributed by atoms with van der Waals surface area (Å²) >= 11 is 3.19. The smallest absolute Gasteiger partial charge is 0.322 e. The van der Waals surface area contributed by atoms with Crippen molar-refractivity contribution in [2.24, 2.45) is 0 Å². The molecule has 0 aromatic carbocycles. The van der Waals surface area contributed by atoms with Crippen molar-refractivity contribution in [3.63, 3.8) is 0 Å². The van der Waals surface area contributed by atoms with Gasteiger partial charge in [0.25, 0.3) is 0 Å². The summed E-state index contributed by atoms with van der Waals surface area (Å²) in [6.45, 7) is 1.88. The molecular weight excluding hydrogens is 279 g/mol. The molecule has 0 saturated heterocycles. The fourth-order valence-electron chi connectivity index (χ4n) is 1.12. The number of carbonyl (C=O) groups excluding carboxylic acids is 1. The molecule has 0 spiro atoms. The van der Waals surface area contributed by atoms with Crippen molar-refractivity contribution in [1.82, 2.24) is 10.3 Å². The number of ether oxygens (including phenoxy) is 1. The Bertz CT molecular complexity index is 367. The first kappa shape index (κ1) is 13.1. The molecule has 88 valence electrons. The fraction of sp³-hybridized carbons (Fsp3) is 0.400. The fourth-order valence-corrected chi connectivity index (χ4v) is 1.57. The Labute approximate surface area is 101 Å². The molecule has 0 fully saturated rings. The number of hydrogen-bond acceptors (Lipinski definition) is 4. The third kappa shape index (κ3) is 3.24. The lowest BCUT2D eigenvalue weighted by Gasteiger charge is -2.12. The lowest BCUT2D eigenvalue weighted by Crippen LogP contribution is -2.34. The molecule has 0 aliphatic rings. The number of aromatic nitrogens is 1. The summed E-state index contributed by atoms with van der Waals surface area (Å²) in [7, 11) is 1.31. The highest BCUT2D eigenvalue weighted by atomic mass is 79.9. The molecule has 0 aliphatic carbocycles. The van der Waals surface area contributed by atoms with Gasteiger partial charge in [0.2, 0.25) is 0 Å². The monoisotopic (exact) mass is 290 g/mol. The molecule has 1 heterocycles. The average molecular weight is 291 g/mol. The van der Waals surface area contributed by atoms with E-state index in [4.69, 9.17) is 0 Å². The molecule has 1 aromatic rings. The summed E-state index contributed by atoms with van der Waals surface area (Å²) in [5.41, 5.74) is 0.436. The van der Waals surface area contributed by atoms with Gasteiger partial charge in [0.15, 0.2) is 0 Å². The summed E-state index contributed by atoms with van der Waals surface area (Å²) < 4.78 is 18.4. The zero-order valence-corrected chi connectivity index (χ0v) is 10.5. The molecule has 0 amide bonds. The summed E-state index contributed by atoms with van der Waals surface area (Å²) in [5, 5.41) is 2.86. The van der Waals surface area contributed by atoms with Gasteiger partial charge < -0.3 is 10.1 Å². The highest BCUT2D eigenvalue weighted by Crippen LogP contribution is 2.17. The third-order valence-corrected chi connectivity index (χ3v) is 2.78. The summed E-state index contributed by atoms with van der Waals surface area (Å²) in [6.07, 6.45) is 2.63. The van der Waals surface area contributed by atoms with Crippen LogP contribution in [-0.4, -0.2) is 24.1 Å². The summed E-state index contributed by atoms with van der Waals surface area (Å²) in [6, 6.07) is -0.482. The van der Waals surface area contributed by atoms with Crippen molar-refractivity contribution in [2.45, 2.75) is 19.5 Å². The Hall–Kier alpha value is -1.01. The molecule has 4 nitrogen and oxygen atoms in total. The van der Waals surface area contributed by atoms with E-state index in [2.05, 4.69) is 31.0 Å². The molecule has 1 rings (SSSR count). The second kappa shape index (κ2) is 5.91. The van der Waals surface area contributed by atoms with E-state index < -0.39 is 11.9 Å². The van der Waals surface area contributed by atoms with Crippen LogP contribution in [0.2, 0.25) is 0 Å². The third-order valence-electron chi connectivity index (χ3n) is 2.09. The Morgan fingerprint density at radius 1 is 1.69 bits per heavy atom. The van der Waals surface area contributed by atoms with Crippen molar-refractivity contribution in [3.8, 4) is 0 Å². The van der Waals surface area contributed by atoms with Crippen LogP contribution in [0.5, 0.6) is 0 Å². The van der Waals surface area contributed by atoms with Crippen LogP contribution in [0, 0.1) is 5.82 Å². The number of nitrogens with one attached hydrogen (secondary N) is 1. The van der Waals surface area contributed by atoms with Crippen molar-refractivity contribution in [2.75, 3.05) is 7.11 Å². The van der Waals surface area contributed by atoms with Crippen LogP contribution in [0.3, 0.4) is 0 Å². The van der Waals surface area contributed by atoms with E-state index in [-0.39, 0.29) is 12.5 Å². The maximum atomic E-state index is 13.3. The SMILES string of the molecule is COC(=O)[C@H](C)NCc1c(F)cncc1Br. The van der Waals surface area contributed by atoms with E-state index in [0.29, 0.717) is 10.0 Å². The van der Waals surface area contributed by atoms with Crippen molar-refractivity contribution >= 4 is 21.9 Å². The van der Waals surface area contributed by atoms with Crippen molar-refractivity contribution < 1.29 is 13.9 Å². The first-order valence-corrected chi connectivity index (χ1v) is 5.44. The first-order valence-electron chi connectivity index (χ1n) is 4.65. The lowest BCUT2D eigenvalue weighted by molar-refractivity contribution is -0.142. The predicted octanol–water partition coefficient (Wildman–Crippen LogP) is 1.63. The number of hydrogen-bond donors (Lipinski definition) is 1. The van der Waals surface area contributed by atoms with Gasteiger partial charge in [-0.3, -0.25) is 9.78 Å². The van der Waals surface area contributed by atoms with Crippen LogP contribution in [0.25, 0.3) is 0 Å². The van der Waals surface area contributed by atoms with Crippen LogP contribution < -0.4 is 5.32 Å². The minimum absolute atomic E-state index is 0.227. The summed E-state index contributed by atoms with van der Waals surface area (Å²) in [4.78, 5) is 14.8. The molecule has 16 heavy (non-hydrogen) atoms. The van der Waals surface area contributed by atoms with Crippen LogP contribution in [0.4, 0.5) is 4.39 Å². The van der Waals surface area contributed by atoms with Crippen LogP contribution in [-0.2, 0) is 16.1 Å².